The van der Waals surface area contributed by atoms with Crippen LogP contribution in [0.3, 0.4) is 0 Å². The summed E-state index contributed by atoms with van der Waals surface area (Å²) in [5.74, 6) is -0.654. The minimum atomic E-state index is -4.72. The second-order valence-corrected chi connectivity index (χ2v) is 11.0. The number of anilines is 1. The predicted octanol–water partition coefficient (Wildman–Crippen LogP) is 2.78. The lowest BCUT2D eigenvalue weighted by molar-refractivity contribution is -0.151. The molecule has 0 spiro atoms. The van der Waals surface area contributed by atoms with Crippen molar-refractivity contribution in [3.05, 3.63) is 52.8 Å². The lowest BCUT2D eigenvalue weighted by Crippen LogP contribution is -2.44. The number of halogens is 3. The summed E-state index contributed by atoms with van der Waals surface area (Å²) in [6.45, 7) is -0.309. The van der Waals surface area contributed by atoms with Gasteiger partial charge in [-0.3, -0.25) is 13.9 Å². The van der Waals surface area contributed by atoms with Crippen LogP contribution in [-0.4, -0.2) is 64.0 Å². The van der Waals surface area contributed by atoms with Crippen molar-refractivity contribution in [2.24, 2.45) is 5.92 Å². The monoisotopic (exact) mass is 589 g/mol. The number of nitrogens with two attached hydrogens (primary N) is 1. The lowest BCUT2D eigenvalue weighted by Gasteiger charge is -2.25. The van der Waals surface area contributed by atoms with Gasteiger partial charge >= 0.3 is 19.3 Å². The molecule has 0 amide bonds. The third kappa shape index (κ3) is 7.22. The second kappa shape index (κ2) is 12.9. The Kier molecular flexibility index (Phi) is 9.06. The highest BCUT2D eigenvalue weighted by Gasteiger charge is 2.58. The Morgan fingerprint density at radius 2 is 2.05 bits per heavy atom. The molecule has 6 atom stereocenters. The van der Waals surface area contributed by atoms with Gasteiger partial charge in [-0.1, -0.05) is 37.0 Å². The Balaban J connectivity index is 2.03. The molecular weight excluding hydrogens is 558 g/mol. The standard InChI is InChI=1S/C25H29F3N3O8P/c1-15(2)37-22(33)16(3)14-40(35,39-17-8-5-4-6-9-17)36-13-19-20(32)25(28,10-7-11-26)23(38-19)31-12-18(27)21(29)30-24(31)34/h4-6,8-9,12,15-16,19-20,23,32H,11,13-14H2,1-3H3,(H2,29,30,34)/t16-,19-,20+,23-,25?,40+/m1/s1/i13D2. The number of aliphatic hydroxyl groups is 1. The van der Waals surface area contributed by atoms with Gasteiger partial charge in [-0.2, -0.15) is 4.98 Å². The first-order valence-electron chi connectivity index (χ1n) is 12.9. The van der Waals surface area contributed by atoms with Crippen LogP contribution < -0.4 is 15.9 Å². The van der Waals surface area contributed by atoms with Gasteiger partial charge in [0.15, 0.2) is 17.9 Å². The van der Waals surface area contributed by atoms with E-state index in [1.54, 1.807) is 31.8 Å². The molecule has 218 valence electrons. The summed E-state index contributed by atoms with van der Waals surface area (Å²) in [5, 5.41) is 10.9. The molecule has 2 aromatic rings. The zero-order chi connectivity index (χ0) is 31.5. The number of benzene rings is 1. The maximum absolute atomic E-state index is 16.2. The maximum atomic E-state index is 16.2. The van der Waals surface area contributed by atoms with E-state index in [1.807, 2.05) is 0 Å². The molecule has 0 aliphatic carbocycles. The van der Waals surface area contributed by atoms with Crippen LogP contribution in [0.15, 0.2) is 41.3 Å². The number of ether oxygens (including phenoxy) is 2. The number of nitrogen functional groups attached to an aromatic ring is 1. The topological polar surface area (TPSA) is 152 Å². The zero-order valence-electron chi connectivity index (χ0n) is 23.6. The quantitative estimate of drug-likeness (QED) is 0.240. The van der Waals surface area contributed by atoms with Crippen LogP contribution in [0.1, 0.15) is 29.7 Å². The molecule has 40 heavy (non-hydrogen) atoms. The fourth-order valence-corrected chi connectivity index (χ4v) is 5.31. The van der Waals surface area contributed by atoms with Crippen molar-refractivity contribution in [3.8, 4) is 17.6 Å². The molecule has 1 aromatic heterocycles. The van der Waals surface area contributed by atoms with Gasteiger partial charge in [-0.05, 0) is 26.0 Å². The number of hydrogen-bond acceptors (Lipinski definition) is 10. The number of hydrogen-bond donors (Lipinski definition) is 2. The minimum absolute atomic E-state index is 0.0459. The van der Waals surface area contributed by atoms with Gasteiger partial charge in [0.2, 0.25) is 5.67 Å². The van der Waals surface area contributed by atoms with Crippen molar-refractivity contribution < 1.29 is 48.9 Å². The summed E-state index contributed by atoms with van der Waals surface area (Å²) in [5.41, 5.74) is 0.463. The van der Waals surface area contributed by atoms with Gasteiger partial charge in [0.1, 0.15) is 24.6 Å². The molecule has 15 heteroatoms. The second-order valence-electron chi connectivity index (χ2n) is 9.01. The molecule has 0 bridgehead atoms. The van der Waals surface area contributed by atoms with Crippen LogP contribution in [-0.2, 0) is 23.4 Å². The van der Waals surface area contributed by atoms with Crippen molar-refractivity contribution in [1.29, 1.82) is 0 Å². The van der Waals surface area contributed by atoms with E-state index in [1.165, 1.54) is 31.2 Å². The smallest absolute Gasteiger partial charge is 0.380 e. The average Bonchev–Trinajstić information content (AvgIpc) is 3.15. The molecule has 2 heterocycles. The van der Waals surface area contributed by atoms with Crippen LogP contribution in [0, 0.1) is 23.6 Å². The first kappa shape index (κ1) is 28.2. The first-order chi connectivity index (χ1) is 19.5. The average molecular weight is 590 g/mol. The summed E-state index contributed by atoms with van der Waals surface area (Å²) in [6.07, 6.45) is -8.30. The molecular formula is C25H29F3N3O8P. The van der Waals surface area contributed by atoms with E-state index in [0.717, 1.165) is 0 Å². The Hall–Kier alpha value is -3.37. The molecule has 0 radical (unpaired) electrons. The number of alkyl halides is 2. The molecule has 1 aromatic carbocycles. The highest BCUT2D eigenvalue weighted by Crippen LogP contribution is 2.51. The zero-order valence-corrected chi connectivity index (χ0v) is 22.5. The fourth-order valence-electron chi connectivity index (χ4n) is 3.59. The van der Waals surface area contributed by atoms with E-state index in [4.69, 9.17) is 27.0 Å². The number of nitrogens with zero attached hydrogens (tertiary/aromatic N) is 2. The van der Waals surface area contributed by atoms with Crippen molar-refractivity contribution >= 4 is 19.4 Å². The van der Waals surface area contributed by atoms with Gasteiger partial charge in [0.25, 0.3) is 0 Å². The van der Waals surface area contributed by atoms with Crippen molar-refractivity contribution in [3.63, 3.8) is 0 Å². The minimum Gasteiger partial charge on any atom is -0.463 e. The number of esters is 1. The highest BCUT2D eigenvalue weighted by atomic mass is 31.2. The molecule has 0 saturated carbocycles. The molecule has 1 aliphatic rings. The molecule has 11 nitrogen and oxygen atoms in total. The first-order valence-corrected chi connectivity index (χ1v) is 13.6. The van der Waals surface area contributed by atoms with E-state index < -0.39 is 86.4 Å². The number of aliphatic hydroxyl groups excluding tert-OH is 1. The number of carbonyl (C=O) groups is 1. The van der Waals surface area contributed by atoms with Crippen LogP contribution in [0.4, 0.5) is 19.0 Å². The Bertz CT molecular complexity index is 1460. The van der Waals surface area contributed by atoms with Crippen LogP contribution >= 0.6 is 7.60 Å². The fraction of sp³-hybridized carbons (Fsp3) is 0.480. The normalized spacial score (nSPS) is 25.6. The summed E-state index contributed by atoms with van der Waals surface area (Å²) in [7, 11) is -4.72. The van der Waals surface area contributed by atoms with Crippen molar-refractivity contribution in [1.82, 2.24) is 9.55 Å². The van der Waals surface area contributed by atoms with E-state index >= 15 is 4.39 Å². The number of aromatic nitrogens is 2. The van der Waals surface area contributed by atoms with Gasteiger partial charge in [-0.25, -0.2) is 22.5 Å². The van der Waals surface area contributed by atoms with Gasteiger partial charge in [0.05, 0.1) is 33.7 Å². The summed E-state index contributed by atoms with van der Waals surface area (Å²) in [6, 6.07) is 7.37. The SMILES string of the molecule is [2H]C([2H])(O[P@@](=O)(C[C@@H](C)C(=O)OC(C)C)Oc1ccccc1)[C@H]1O[C@@H](n2cc(F)c(N)nc2=O)C(F)(C#CCF)[C@H]1O. The maximum Gasteiger partial charge on any atom is 0.380 e. The molecule has 1 aliphatic heterocycles. The number of rotatable bonds is 10. The van der Waals surface area contributed by atoms with Crippen LogP contribution in [0.5, 0.6) is 5.75 Å². The largest absolute Gasteiger partial charge is 0.463 e. The predicted molar refractivity (Wildman–Crippen MR) is 136 cm³/mol. The number of para-hydroxylation sites is 1. The Labute approximate surface area is 230 Å². The van der Waals surface area contributed by atoms with Crippen LogP contribution in [0.2, 0.25) is 0 Å². The van der Waals surface area contributed by atoms with Gasteiger partial charge < -0.3 is 24.8 Å². The Morgan fingerprint density at radius 1 is 1.38 bits per heavy atom. The summed E-state index contributed by atoms with van der Waals surface area (Å²) >= 11 is 0. The molecule has 3 rings (SSSR count). The van der Waals surface area contributed by atoms with Crippen molar-refractivity contribution in [2.45, 2.75) is 51.0 Å². The molecule has 3 N–H and O–H groups in total. The van der Waals surface area contributed by atoms with E-state index in [9.17, 15) is 28.0 Å². The molecule has 1 unspecified atom stereocenters. The number of carbonyl (C=O) groups excluding carboxylic acids is 1. The highest BCUT2D eigenvalue weighted by molar-refractivity contribution is 7.54. The molecule has 1 fully saturated rings. The van der Waals surface area contributed by atoms with E-state index in [2.05, 4.69) is 4.98 Å². The summed E-state index contributed by atoms with van der Waals surface area (Å²) < 4.78 is 95.5. The van der Waals surface area contributed by atoms with Gasteiger partial charge in [0, 0.05) is 0 Å². The molecule has 1 saturated heterocycles. The van der Waals surface area contributed by atoms with Crippen molar-refractivity contribution in [2.75, 3.05) is 25.1 Å². The third-order valence-electron chi connectivity index (χ3n) is 5.43. The van der Waals surface area contributed by atoms with Gasteiger partial charge in [-0.15, -0.1) is 0 Å². The van der Waals surface area contributed by atoms with Crippen LogP contribution in [0.25, 0.3) is 0 Å². The third-order valence-corrected chi connectivity index (χ3v) is 7.30. The lowest BCUT2D eigenvalue weighted by atomic mass is 9.96. The Morgan fingerprint density at radius 3 is 2.67 bits per heavy atom. The summed E-state index contributed by atoms with van der Waals surface area (Å²) in [4.78, 5) is 28.0. The van der Waals surface area contributed by atoms with E-state index in [-0.39, 0.29) is 10.3 Å². The van der Waals surface area contributed by atoms with E-state index in [0.29, 0.717) is 6.20 Å².